The van der Waals surface area contributed by atoms with Crippen molar-refractivity contribution in [3.63, 3.8) is 0 Å². The third kappa shape index (κ3) is 3.83. The van der Waals surface area contributed by atoms with Crippen molar-refractivity contribution in [1.82, 2.24) is 15.6 Å². The maximum Gasteiger partial charge on any atom is 0.315 e. The second-order valence-corrected chi connectivity index (χ2v) is 5.93. The fourth-order valence-electron chi connectivity index (χ4n) is 2.58. The molecule has 3 rings (SSSR count). The number of amides is 3. The van der Waals surface area contributed by atoms with Crippen molar-refractivity contribution >= 4 is 29.2 Å². The average molecular weight is 345 g/mol. The molecule has 2 heterocycles. The monoisotopic (exact) mass is 344 g/mol. The van der Waals surface area contributed by atoms with Crippen molar-refractivity contribution in [3.8, 4) is 0 Å². The number of halogens is 1. The highest BCUT2D eigenvalue weighted by Gasteiger charge is 2.33. The van der Waals surface area contributed by atoms with Crippen LogP contribution in [0.4, 0.5) is 10.5 Å². The third-order valence-electron chi connectivity index (χ3n) is 3.85. The molecule has 1 atom stereocenters. The first kappa shape index (κ1) is 16.3. The zero-order chi connectivity index (χ0) is 16.9. The summed E-state index contributed by atoms with van der Waals surface area (Å²) in [5.74, 6) is -0.114. The van der Waals surface area contributed by atoms with E-state index in [2.05, 4.69) is 15.6 Å². The van der Waals surface area contributed by atoms with Gasteiger partial charge in [0.1, 0.15) is 6.04 Å². The van der Waals surface area contributed by atoms with E-state index in [9.17, 15) is 9.59 Å². The van der Waals surface area contributed by atoms with Crippen LogP contribution in [0.3, 0.4) is 0 Å². The van der Waals surface area contributed by atoms with Gasteiger partial charge < -0.3 is 15.5 Å². The first-order valence-electron chi connectivity index (χ1n) is 7.64. The van der Waals surface area contributed by atoms with E-state index in [0.717, 1.165) is 11.3 Å². The summed E-state index contributed by atoms with van der Waals surface area (Å²) in [6.45, 7) is 0.950. The zero-order valence-electron chi connectivity index (χ0n) is 12.9. The molecule has 1 aliphatic rings. The van der Waals surface area contributed by atoms with Crippen molar-refractivity contribution in [2.24, 2.45) is 0 Å². The zero-order valence-corrected chi connectivity index (χ0v) is 13.7. The molecule has 0 saturated carbocycles. The topological polar surface area (TPSA) is 74.3 Å². The van der Waals surface area contributed by atoms with Crippen LogP contribution in [-0.4, -0.2) is 29.5 Å². The summed E-state index contributed by atoms with van der Waals surface area (Å²) >= 11 is 5.86. The Morgan fingerprint density at radius 1 is 1.21 bits per heavy atom. The van der Waals surface area contributed by atoms with Gasteiger partial charge in [-0.1, -0.05) is 11.6 Å². The Morgan fingerprint density at radius 3 is 2.62 bits per heavy atom. The molecule has 24 heavy (non-hydrogen) atoms. The fourth-order valence-corrected chi connectivity index (χ4v) is 2.71. The highest BCUT2D eigenvalue weighted by molar-refractivity contribution is 6.30. The highest BCUT2D eigenvalue weighted by atomic mass is 35.5. The number of hydrogen-bond donors (Lipinski definition) is 2. The lowest BCUT2D eigenvalue weighted by atomic mass is 10.2. The molecule has 1 unspecified atom stereocenters. The molecule has 6 nitrogen and oxygen atoms in total. The van der Waals surface area contributed by atoms with Crippen molar-refractivity contribution in [3.05, 3.63) is 59.4 Å². The molecule has 1 saturated heterocycles. The Hall–Kier alpha value is -2.60. The lowest BCUT2D eigenvalue weighted by Crippen LogP contribution is -2.45. The van der Waals surface area contributed by atoms with Gasteiger partial charge in [-0.3, -0.25) is 9.78 Å². The molecule has 0 aliphatic carbocycles. The Morgan fingerprint density at radius 2 is 1.92 bits per heavy atom. The molecule has 7 heteroatoms. The first-order valence-corrected chi connectivity index (χ1v) is 8.01. The van der Waals surface area contributed by atoms with Gasteiger partial charge in [0, 0.05) is 36.2 Å². The molecule has 1 aliphatic heterocycles. The number of nitrogens with one attached hydrogen (secondary N) is 2. The van der Waals surface area contributed by atoms with E-state index in [4.69, 9.17) is 11.6 Å². The number of pyridine rings is 1. The van der Waals surface area contributed by atoms with Gasteiger partial charge in [0.2, 0.25) is 5.91 Å². The van der Waals surface area contributed by atoms with Crippen LogP contribution in [0.5, 0.6) is 0 Å². The van der Waals surface area contributed by atoms with E-state index in [1.807, 2.05) is 12.1 Å². The van der Waals surface area contributed by atoms with Crippen LogP contribution in [-0.2, 0) is 11.3 Å². The highest BCUT2D eigenvalue weighted by Crippen LogP contribution is 2.23. The van der Waals surface area contributed by atoms with Crippen LogP contribution < -0.4 is 15.5 Å². The molecule has 1 aromatic carbocycles. The van der Waals surface area contributed by atoms with Gasteiger partial charge in [0.15, 0.2) is 0 Å². The van der Waals surface area contributed by atoms with E-state index in [1.54, 1.807) is 41.6 Å². The third-order valence-corrected chi connectivity index (χ3v) is 4.10. The van der Waals surface area contributed by atoms with Gasteiger partial charge in [-0.2, -0.15) is 0 Å². The van der Waals surface area contributed by atoms with Crippen LogP contribution in [0.1, 0.15) is 12.0 Å². The first-order chi connectivity index (χ1) is 11.6. The Kier molecular flexibility index (Phi) is 4.96. The quantitative estimate of drug-likeness (QED) is 0.894. The molecule has 2 aromatic rings. The number of anilines is 1. The molecule has 3 amide bonds. The Bertz CT molecular complexity index is 721. The summed E-state index contributed by atoms with van der Waals surface area (Å²) < 4.78 is 0. The van der Waals surface area contributed by atoms with Gasteiger partial charge in [-0.15, -0.1) is 0 Å². The molecular weight excluding hydrogens is 328 g/mol. The Balaban J connectivity index is 1.53. The largest absolute Gasteiger partial charge is 0.334 e. The second kappa shape index (κ2) is 7.31. The SMILES string of the molecule is O=C(NCc1ccncc1)NC1CCN(c2ccc(Cl)cc2)C1=O. The normalized spacial score (nSPS) is 17.0. The molecule has 124 valence electrons. The standard InChI is InChI=1S/C17H17ClN4O2/c18-13-1-3-14(4-2-13)22-10-7-15(16(22)23)21-17(24)20-11-12-5-8-19-9-6-12/h1-6,8-9,15H,7,10-11H2,(H2,20,21,24). The molecule has 1 aromatic heterocycles. The average Bonchev–Trinajstić information content (AvgIpc) is 2.95. The number of hydrogen-bond acceptors (Lipinski definition) is 3. The van der Waals surface area contributed by atoms with Crippen LogP contribution in [0.2, 0.25) is 5.02 Å². The maximum absolute atomic E-state index is 12.4. The fraction of sp³-hybridized carbons (Fsp3) is 0.235. The van der Waals surface area contributed by atoms with Gasteiger partial charge in [0.05, 0.1) is 0 Å². The summed E-state index contributed by atoms with van der Waals surface area (Å²) in [5, 5.41) is 6.09. The van der Waals surface area contributed by atoms with Crippen molar-refractivity contribution in [1.29, 1.82) is 0 Å². The van der Waals surface area contributed by atoms with Gasteiger partial charge >= 0.3 is 6.03 Å². The summed E-state index contributed by atoms with van der Waals surface area (Å²) in [5.41, 5.74) is 1.73. The van der Waals surface area contributed by atoms with Crippen LogP contribution in [0.15, 0.2) is 48.8 Å². The minimum atomic E-state index is -0.516. The molecule has 2 N–H and O–H groups in total. The summed E-state index contributed by atoms with van der Waals surface area (Å²) in [7, 11) is 0. The van der Waals surface area contributed by atoms with E-state index in [1.165, 1.54) is 0 Å². The Labute approximate surface area is 144 Å². The minimum absolute atomic E-state index is 0.114. The number of rotatable bonds is 4. The van der Waals surface area contributed by atoms with Crippen LogP contribution in [0.25, 0.3) is 0 Å². The maximum atomic E-state index is 12.4. The van der Waals surface area contributed by atoms with E-state index < -0.39 is 6.04 Å². The molecule has 0 bridgehead atoms. The minimum Gasteiger partial charge on any atom is -0.334 e. The number of benzene rings is 1. The number of urea groups is 1. The summed E-state index contributed by atoms with van der Waals surface area (Å²) in [6, 6.07) is 9.85. The van der Waals surface area contributed by atoms with E-state index in [-0.39, 0.29) is 11.9 Å². The molecule has 0 radical (unpaired) electrons. The predicted molar refractivity (Wildman–Crippen MR) is 91.8 cm³/mol. The predicted octanol–water partition coefficient (Wildman–Crippen LogP) is 2.34. The molecular formula is C17H17ClN4O2. The van der Waals surface area contributed by atoms with Crippen LogP contribution in [0, 0.1) is 0 Å². The van der Waals surface area contributed by atoms with Gasteiger partial charge in [0.25, 0.3) is 0 Å². The lowest BCUT2D eigenvalue weighted by molar-refractivity contribution is -0.118. The smallest absolute Gasteiger partial charge is 0.315 e. The number of nitrogens with zero attached hydrogens (tertiary/aromatic N) is 2. The van der Waals surface area contributed by atoms with Gasteiger partial charge in [-0.05, 0) is 48.4 Å². The summed E-state index contributed by atoms with van der Waals surface area (Å²) in [4.78, 5) is 30.0. The lowest BCUT2D eigenvalue weighted by Gasteiger charge is -2.17. The second-order valence-electron chi connectivity index (χ2n) is 5.49. The number of carbonyl (C=O) groups is 2. The molecule has 0 spiro atoms. The van der Waals surface area contributed by atoms with Crippen molar-refractivity contribution < 1.29 is 9.59 Å². The van der Waals surface area contributed by atoms with E-state index >= 15 is 0 Å². The number of aromatic nitrogens is 1. The van der Waals surface area contributed by atoms with E-state index in [0.29, 0.717) is 24.5 Å². The molecule has 1 fully saturated rings. The summed E-state index contributed by atoms with van der Waals surface area (Å²) in [6.07, 6.45) is 3.91. The van der Waals surface area contributed by atoms with Gasteiger partial charge in [-0.25, -0.2) is 4.79 Å². The van der Waals surface area contributed by atoms with Crippen molar-refractivity contribution in [2.75, 3.05) is 11.4 Å². The number of carbonyl (C=O) groups excluding carboxylic acids is 2. The van der Waals surface area contributed by atoms with Crippen molar-refractivity contribution in [2.45, 2.75) is 19.0 Å². The van der Waals surface area contributed by atoms with Crippen LogP contribution >= 0.6 is 11.6 Å².